The van der Waals surface area contributed by atoms with Gasteiger partial charge < -0.3 is 10.6 Å². The van der Waals surface area contributed by atoms with Gasteiger partial charge in [0.1, 0.15) is 5.69 Å². The Kier molecular flexibility index (Phi) is 7.72. The maximum atomic E-state index is 14.4. The number of carbonyl (C=O) groups excluding carboxylic acids is 2. The number of nitrogens with zero attached hydrogens (tertiary/aromatic N) is 5. The monoisotopic (exact) mass is 583 g/mol. The van der Waals surface area contributed by atoms with Crippen molar-refractivity contribution in [3.63, 3.8) is 0 Å². The molecule has 0 bridgehead atoms. The van der Waals surface area contributed by atoms with Crippen molar-refractivity contribution in [2.75, 3.05) is 6.54 Å². The van der Waals surface area contributed by atoms with Crippen LogP contribution in [-0.4, -0.2) is 55.4 Å². The van der Waals surface area contributed by atoms with Crippen molar-refractivity contribution < 1.29 is 36.2 Å². The first kappa shape index (κ1) is 28.9. The highest BCUT2D eigenvalue weighted by molar-refractivity contribution is 5.93. The predicted molar refractivity (Wildman–Crippen MR) is 133 cm³/mol. The van der Waals surface area contributed by atoms with Crippen LogP contribution < -0.4 is 10.6 Å². The first-order chi connectivity index (χ1) is 19.3. The fourth-order valence-corrected chi connectivity index (χ4v) is 5.65. The van der Waals surface area contributed by atoms with Crippen LogP contribution in [0, 0.1) is 17.8 Å². The lowest BCUT2D eigenvalue weighted by atomic mass is 9.80. The van der Waals surface area contributed by atoms with Gasteiger partial charge in [-0.25, -0.2) is 22.9 Å². The van der Waals surface area contributed by atoms with Crippen molar-refractivity contribution in [2.24, 2.45) is 17.8 Å². The first-order valence-corrected chi connectivity index (χ1v) is 13.5. The Bertz CT molecular complexity index is 1420. The summed E-state index contributed by atoms with van der Waals surface area (Å²) in [5, 5.41) is 17.0. The lowest BCUT2D eigenvalue weighted by Crippen LogP contribution is -2.47. The van der Waals surface area contributed by atoms with Crippen LogP contribution in [0.1, 0.15) is 85.5 Å². The van der Waals surface area contributed by atoms with Crippen molar-refractivity contribution in [2.45, 2.75) is 76.4 Å². The number of nitrogens with one attached hydrogen (secondary N) is 2. The molecule has 15 heteroatoms. The molecule has 1 unspecified atom stereocenters. The molecule has 4 heterocycles. The van der Waals surface area contributed by atoms with Gasteiger partial charge >= 0.3 is 6.18 Å². The van der Waals surface area contributed by atoms with Gasteiger partial charge in [-0.15, -0.1) is 0 Å². The van der Waals surface area contributed by atoms with Gasteiger partial charge in [0.25, 0.3) is 5.91 Å². The largest absolute Gasteiger partial charge is 0.393 e. The average Bonchev–Trinajstić information content (AvgIpc) is 3.54. The van der Waals surface area contributed by atoms with E-state index in [2.05, 4.69) is 31.0 Å². The molecule has 3 aromatic rings. The van der Waals surface area contributed by atoms with E-state index in [0.29, 0.717) is 29.1 Å². The number of carbonyl (C=O) groups is 2. The second-order valence-electron chi connectivity index (χ2n) is 11.2. The van der Waals surface area contributed by atoms with Crippen LogP contribution in [0.2, 0.25) is 0 Å². The molecule has 1 aliphatic carbocycles. The van der Waals surface area contributed by atoms with E-state index in [4.69, 9.17) is 4.63 Å². The molecule has 10 nitrogen and oxygen atoms in total. The van der Waals surface area contributed by atoms with Gasteiger partial charge in [-0.2, -0.15) is 18.3 Å². The highest BCUT2D eigenvalue weighted by Gasteiger charge is 2.45. The molecule has 0 aromatic carbocycles. The Morgan fingerprint density at radius 2 is 2.05 bits per heavy atom. The van der Waals surface area contributed by atoms with E-state index in [-0.39, 0.29) is 37.3 Å². The van der Waals surface area contributed by atoms with E-state index in [1.165, 1.54) is 10.7 Å². The number of imidazole rings is 1. The van der Waals surface area contributed by atoms with Crippen LogP contribution in [0.3, 0.4) is 0 Å². The van der Waals surface area contributed by atoms with E-state index in [1.54, 1.807) is 26.0 Å². The number of halogens is 5. The summed E-state index contributed by atoms with van der Waals surface area (Å²) >= 11 is 0. The Morgan fingerprint density at radius 3 is 2.76 bits per heavy atom. The predicted octanol–water partition coefficient (Wildman–Crippen LogP) is 4.39. The standard InChI is InChI=1S/C26H30F5N7O3/c1-13(2)20-22(37-41-36-20)24(40)34-21(14-4-3-7-25(27,28)10-14)18-12-38-19(33-18)6-5-17(35-38)9-15-8-16(26(29,30)31)11-32-23(15)39/h5-6,12-16,21H,3-4,7-11H2,1-2H3,(H,32,39)(H,34,40)/t14-,15?,16-,21+/m1/s1. The molecule has 5 rings (SSSR count). The highest BCUT2D eigenvalue weighted by Crippen LogP contribution is 2.42. The minimum Gasteiger partial charge on any atom is -0.355 e. The van der Waals surface area contributed by atoms with Gasteiger partial charge in [-0.1, -0.05) is 19.0 Å². The van der Waals surface area contributed by atoms with Gasteiger partial charge in [0.2, 0.25) is 11.8 Å². The maximum absolute atomic E-state index is 14.4. The zero-order valence-electron chi connectivity index (χ0n) is 22.4. The Labute approximate surface area is 231 Å². The van der Waals surface area contributed by atoms with Crippen LogP contribution in [0.15, 0.2) is 23.0 Å². The second-order valence-corrected chi connectivity index (χ2v) is 11.2. The zero-order chi connectivity index (χ0) is 29.5. The lowest BCUT2D eigenvalue weighted by Gasteiger charge is -2.34. The molecule has 1 saturated carbocycles. The number of hydrogen-bond acceptors (Lipinski definition) is 7. The van der Waals surface area contributed by atoms with Gasteiger partial charge in [0.15, 0.2) is 11.3 Å². The molecule has 2 fully saturated rings. The summed E-state index contributed by atoms with van der Waals surface area (Å²) in [5.74, 6) is -7.36. The number of amides is 2. The second kappa shape index (κ2) is 11.0. The molecule has 2 aliphatic rings. The zero-order valence-corrected chi connectivity index (χ0v) is 22.4. The minimum atomic E-state index is -4.42. The molecule has 1 aliphatic heterocycles. The number of fused-ring (bicyclic) bond motifs is 1. The Hall–Kier alpha value is -3.65. The number of piperidine rings is 1. The molecule has 2 amide bonds. The van der Waals surface area contributed by atoms with E-state index in [9.17, 15) is 31.5 Å². The normalized spacial score (nSPS) is 23.9. The molecule has 1 saturated heterocycles. The van der Waals surface area contributed by atoms with Gasteiger partial charge in [-0.05, 0) is 42.5 Å². The van der Waals surface area contributed by atoms with E-state index < -0.39 is 60.7 Å². The van der Waals surface area contributed by atoms with E-state index in [0.717, 1.165) is 0 Å². The first-order valence-electron chi connectivity index (χ1n) is 13.5. The summed E-state index contributed by atoms with van der Waals surface area (Å²) in [6.07, 6.45) is -3.28. The molecule has 2 N–H and O–H groups in total. The van der Waals surface area contributed by atoms with Crippen LogP contribution in [0.5, 0.6) is 0 Å². The van der Waals surface area contributed by atoms with Crippen LogP contribution in [0.25, 0.3) is 5.65 Å². The van der Waals surface area contributed by atoms with Crippen molar-refractivity contribution in [1.29, 1.82) is 0 Å². The minimum absolute atomic E-state index is 0.0198. The quantitative estimate of drug-likeness (QED) is 0.395. The van der Waals surface area contributed by atoms with Crippen molar-refractivity contribution in [1.82, 2.24) is 35.5 Å². The highest BCUT2D eigenvalue weighted by atomic mass is 19.4. The average molecular weight is 584 g/mol. The topological polar surface area (TPSA) is 127 Å². The fourth-order valence-electron chi connectivity index (χ4n) is 5.65. The van der Waals surface area contributed by atoms with Gasteiger partial charge in [0.05, 0.1) is 29.5 Å². The molecule has 3 aromatic heterocycles. The third kappa shape index (κ3) is 6.32. The summed E-state index contributed by atoms with van der Waals surface area (Å²) in [6.45, 7) is 3.16. The maximum Gasteiger partial charge on any atom is 0.393 e. The summed E-state index contributed by atoms with van der Waals surface area (Å²) in [4.78, 5) is 30.0. The number of rotatable bonds is 7. The van der Waals surface area contributed by atoms with E-state index >= 15 is 0 Å². The molecular formula is C26H30F5N7O3. The number of aromatic nitrogens is 5. The smallest absolute Gasteiger partial charge is 0.355 e. The molecular weight excluding hydrogens is 553 g/mol. The summed E-state index contributed by atoms with van der Waals surface area (Å²) < 4.78 is 74.7. The third-order valence-electron chi connectivity index (χ3n) is 7.81. The van der Waals surface area contributed by atoms with Gasteiger partial charge in [-0.3, -0.25) is 9.59 Å². The van der Waals surface area contributed by atoms with Crippen molar-refractivity contribution in [3.8, 4) is 0 Å². The van der Waals surface area contributed by atoms with Gasteiger partial charge in [0, 0.05) is 37.6 Å². The summed E-state index contributed by atoms with van der Waals surface area (Å²) in [5.41, 5.74) is 1.29. The number of alkyl halides is 5. The summed E-state index contributed by atoms with van der Waals surface area (Å²) in [7, 11) is 0. The van der Waals surface area contributed by atoms with Crippen molar-refractivity contribution >= 4 is 17.5 Å². The summed E-state index contributed by atoms with van der Waals surface area (Å²) in [6, 6.07) is 2.24. The van der Waals surface area contributed by atoms with Crippen molar-refractivity contribution in [3.05, 3.63) is 41.1 Å². The van der Waals surface area contributed by atoms with Crippen LogP contribution >= 0.6 is 0 Å². The van der Waals surface area contributed by atoms with Crippen LogP contribution in [0.4, 0.5) is 22.0 Å². The Morgan fingerprint density at radius 1 is 1.27 bits per heavy atom. The Balaban J connectivity index is 1.41. The molecule has 41 heavy (non-hydrogen) atoms. The van der Waals surface area contributed by atoms with E-state index in [1.807, 2.05) is 0 Å². The number of hydrogen-bond donors (Lipinski definition) is 2. The van der Waals surface area contributed by atoms with Crippen LogP contribution in [-0.2, 0) is 11.2 Å². The lowest BCUT2D eigenvalue weighted by molar-refractivity contribution is -0.183. The molecule has 0 radical (unpaired) electrons. The molecule has 4 atom stereocenters. The molecule has 222 valence electrons. The SMILES string of the molecule is CC(C)c1nonc1C(=O)N[C@H](c1cn2nc(CC3C[C@@H](C(F)(F)F)CNC3=O)ccc2n1)[C@@H]1CCCC(F)(F)C1. The fraction of sp³-hybridized carbons (Fsp3) is 0.615. The molecule has 0 spiro atoms. The third-order valence-corrected chi connectivity index (χ3v) is 7.81.